The van der Waals surface area contributed by atoms with E-state index in [4.69, 9.17) is 24.1 Å². The number of thiazole rings is 1. The molecule has 0 spiro atoms. The van der Waals surface area contributed by atoms with E-state index in [2.05, 4.69) is 9.98 Å². The summed E-state index contributed by atoms with van der Waals surface area (Å²) in [5.41, 5.74) is 0.612. The fourth-order valence-electron chi connectivity index (χ4n) is 4.47. The predicted molar refractivity (Wildman–Crippen MR) is 137 cm³/mol. The van der Waals surface area contributed by atoms with Crippen molar-refractivity contribution >= 4 is 44.3 Å². The first-order valence-electron chi connectivity index (χ1n) is 12.2. The average molecular weight is 605 g/mol. The SMILES string of the molecule is O=C(O)[C@H]1CSC(c2nc3ccc(O[C@H]4O[C@H](CO)[C@@H](O[C@@H]5O[C@H](CO)[C@H](O)[C@H](O)[C@H]5O)[C@H](O)[C@H]4O)cc3s2)=N1. The maximum Gasteiger partial charge on any atom is 0.329 e. The molecule has 220 valence electrons. The average Bonchev–Trinajstić information content (AvgIpc) is 3.60. The predicted octanol–water partition coefficient (Wildman–Crippen LogP) is -2.75. The van der Waals surface area contributed by atoms with Crippen molar-refractivity contribution in [2.75, 3.05) is 19.0 Å². The highest BCUT2D eigenvalue weighted by molar-refractivity contribution is 8.15. The van der Waals surface area contributed by atoms with E-state index in [1.807, 2.05) is 0 Å². The Bertz CT molecular complexity index is 1240. The molecule has 0 radical (unpaired) electrons. The van der Waals surface area contributed by atoms with Gasteiger partial charge in [0.2, 0.25) is 6.29 Å². The first-order chi connectivity index (χ1) is 19.1. The first-order valence-corrected chi connectivity index (χ1v) is 14.0. The Labute approximate surface area is 234 Å². The van der Waals surface area contributed by atoms with E-state index >= 15 is 0 Å². The first kappa shape index (κ1) is 29.5. The van der Waals surface area contributed by atoms with Gasteiger partial charge < -0.3 is 59.8 Å². The molecule has 40 heavy (non-hydrogen) atoms. The monoisotopic (exact) mass is 604 g/mol. The fourth-order valence-corrected chi connectivity index (χ4v) is 6.57. The van der Waals surface area contributed by atoms with Gasteiger partial charge in [-0.3, -0.25) is 4.99 Å². The number of aliphatic hydroxyl groups is 7. The van der Waals surface area contributed by atoms with E-state index in [0.29, 0.717) is 26.0 Å². The molecule has 3 aliphatic heterocycles. The minimum Gasteiger partial charge on any atom is -0.480 e. The molecule has 5 rings (SSSR count). The van der Waals surface area contributed by atoms with E-state index in [-0.39, 0.29) is 5.75 Å². The molecular formula is C23H28N2O13S2. The molecule has 0 bridgehead atoms. The summed E-state index contributed by atoms with van der Waals surface area (Å²) < 4.78 is 22.9. The number of nitrogens with zero attached hydrogens (tertiary/aromatic N) is 2. The van der Waals surface area contributed by atoms with Crippen LogP contribution < -0.4 is 4.74 Å². The Hall–Kier alpha value is -2.00. The van der Waals surface area contributed by atoms with Gasteiger partial charge in [0.05, 0.1) is 23.4 Å². The summed E-state index contributed by atoms with van der Waals surface area (Å²) in [6.45, 7) is -1.39. The topological polar surface area (TPSA) is 241 Å². The summed E-state index contributed by atoms with van der Waals surface area (Å²) >= 11 is 2.57. The summed E-state index contributed by atoms with van der Waals surface area (Å²) in [7, 11) is 0. The van der Waals surface area contributed by atoms with Crippen molar-refractivity contribution in [2.24, 2.45) is 4.99 Å². The molecule has 0 unspecified atom stereocenters. The van der Waals surface area contributed by atoms with Gasteiger partial charge in [-0.2, -0.15) is 0 Å². The lowest BCUT2D eigenvalue weighted by Gasteiger charge is -2.45. The third-order valence-corrected chi connectivity index (χ3v) is 8.90. The molecule has 2 fully saturated rings. The van der Waals surface area contributed by atoms with Crippen molar-refractivity contribution in [3.05, 3.63) is 23.2 Å². The lowest BCUT2D eigenvalue weighted by atomic mass is 9.97. The second-order valence-electron chi connectivity index (χ2n) is 9.37. The Kier molecular flexibility index (Phi) is 8.91. The molecule has 2 saturated heterocycles. The highest BCUT2D eigenvalue weighted by Gasteiger charge is 2.51. The number of aliphatic imine (C=N–C) groups is 1. The van der Waals surface area contributed by atoms with Gasteiger partial charge in [-0.1, -0.05) is 0 Å². The summed E-state index contributed by atoms with van der Waals surface area (Å²) in [6, 6.07) is 4.01. The Morgan fingerprint density at radius 2 is 1.65 bits per heavy atom. The number of ether oxygens (including phenoxy) is 4. The van der Waals surface area contributed by atoms with Gasteiger partial charge in [0, 0.05) is 5.75 Å². The molecule has 2 aromatic rings. The summed E-state index contributed by atoms with van der Waals surface area (Å²) in [5.74, 6) is -0.440. The van der Waals surface area contributed by atoms with Crippen LogP contribution in [0.25, 0.3) is 10.2 Å². The zero-order chi connectivity index (χ0) is 28.7. The molecule has 3 aliphatic rings. The third kappa shape index (κ3) is 5.69. The van der Waals surface area contributed by atoms with E-state index in [0.717, 1.165) is 0 Å². The van der Waals surface area contributed by atoms with Crippen LogP contribution in [0.3, 0.4) is 0 Å². The van der Waals surface area contributed by atoms with Crippen molar-refractivity contribution < 1.29 is 64.6 Å². The number of aliphatic carboxylic acids is 1. The molecular weight excluding hydrogens is 576 g/mol. The number of thioether (sulfide) groups is 1. The van der Waals surface area contributed by atoms with Crippen LogP contribution in [0.2, 0.25) is 0 Å². The molecule has 17 heteroatoms. The Balaban J connectivity index is 1.28. The number of rotatable bonds is 8. The zero-order valence-corrected chi connectivity index (χ0v) is 22.2. The highest BCUT2D eigenvalue weighted by atomic mass is 32.2. The molecule has 0 saturated carbocycles. The minimum absolute atomic E-state index is 0.244. The number of aromatic nitrogens is 1. The number of fused-ring (bicyclic) bond motifs is 1. The molecule has 1 aromatic carbocycles. The standard InChI is InChI=1S/C23H28N2O13S2/c26-4-10-13(28)14(29)16(31)23(36-10)38-18-11(5-27)37-22(17(32)15(18)30)35-7-1-2-8-12(3-7)40-20(24-8)19-25-9(6-39-19)21(33)34/h1-3,9-11,13-18,22-23,26-32H,4-6H2,(H,33,34)/t9-,10-,11-,13+,14+,15-,16-,17-,18-,22+,23+/m1/s1. The van der Waals surface area contributed by atoms with Gasteiger partial charge >= 0.3 is 5.97 Å². The molecule has 8 N–H and O–H groups in total. The number of carboxylic acid groups (broad SMARTS) is 1. The van der Waals surface area contributed by atoms with Crippen molar-refractivity contribution in [1.29, 1.82) is 0 Å². The van der Waals surface area contributed by atoms with Gasteiger partial charge in [-0.15, -0.1) is 23.1 Å². The summed E-state index contributed by atoms with van der Waals surface area (Å²) in [4.78, 5) is 19.9. The van der Waals surface area contributed by atoms with Crippen molar-refractivity contribution in [3.63, 3.8) is 0 Å². The van der Waals surface area contributed by atoms with Crippen molar-refractivity contribution in [1.82, 2.24) is 4.98 Å². The van der Waals surface area contributed by atoms with Gasteiger partial charge in [0.1, 0.15) is 64.6 Å². The van der Waals surface area contributed by atoms with Crippen molar-refractivity contribution in [3.8, 4) is 5.75 Å². The summed E-state index contributed by atoms with van der Waals surface area (Å²) in [5, 5.41) is 81.2. The minimum atomic E-state index is -1.77. The maximum atomic E-state index is 11.2. The van der Waals surface area contributed by atoms with Gasteiger partial charge in [-0.05, 0) is 18.2 Å². The highest BCUT2D eigenvalue weighted by Crippen LogP contribution is 2.34. The summed E-state index contributed by atoms with van der Waals surface area (Å²) in [6.07, 6.45) is -15.6. The van der Waals surface area contributed by atoms with Gasteiger partial charge in [0.15, 0.2) is 12.3 Å². The molecule has 11 atom stereocenters. The lowest BCUT2D eigenvalue weighted by molar-refractivity contribution is -0.352. The number of benzene rings is 1. The maximum absolute atomic E-state index is 11.2. The van der Waals surface area contributed by atoms with E-state index in [1.54, 1.807) is 18.2 Å². The molecule has 1 aromatic heterocycles. The normalized spacial score (nSPS) is 38.4. The third-order valence-electron chi connectivity index (χ3n) is 6.69. The number of carbonyl (C=O) groups is 1. The smallest absolute Gasteiger partial charge is 0.329 e. The number of hydrogen-bond donors (Lipinski definition) is 8. The molecule has 4 heterocycles. The molecule has 0 amide bonds. The number of hydrogen-bond acceptors (Lipinski definition) is 16. The fraction of sp³-hybridized carbons (Fsp3) is 0.609. The quantitative estimate of drug-likeness (QED) is 0.152. The largest absolute Gasteiger partial charge is 0.480 e. The van der Waals surface area contributed by atoms with Crippen LogP contribution in [0.15, 0.2) is 23.2 Å². The van der Waals surface area contributed by atoms with E-state index < -0.39 is 86.6 Å². The molecule has 15 nitrogen and oxygen atoms in total. The lowest BCUT2D eigenvalue weighted by Crippen LogP contribution is -2.65. The van der Waals surface area contributed by atoms with Crippen LogP contribution >= 0.6 is 23.1 Å². The van der Waals surface area contributed by atoms with E-state index in [1.165, 1.54) is 23.1 Å². The zero-order valence-electron chi connectivity index (χ0n) is 20.5. The van der Waals surface area contributed by atoms with Crippen LogP contribution in [0.5, 0.6) is 5.75 Å². The van der Waals surface area contributed by atoms with Crippen LogP contribution in [0.1, 0.15) is 5.01 Å². The Morgan fingerprint density at radius 1 is 0.950 bits per heavy atom. The van der Waals surface area contributed by atoms with Gasteiger partial charge in [0.25, 0.3) is 0 Å². The van der Waals surface area contributed by atoms with Crippen LogP contribution in [0, 0.1) is 0 Å². The number of carboxylic acids is 1. The number of aliphatic hydroxyl groups excluding tert-OH is 7. The molecule has 0 aliphatic carbocycles. The van der Waals surface area contributed by atoms with Gasteiger partial charge in [-0.25, -0.2) is 9.78 Å². The second-order valence-corrected chi connectivity index (χ2v) is 11.4. The van der Waals surface area contributed by atoms with Crippen molar-refractivity contribution in [2.45, 2.75) is 67.5 Å². The van der Waals surface area contributed by atoms with Crippen LogP contribution in [-0.4, -0.2) is 143 Å². The van der Waals surface area contributed by atoms with E-state index in [9.17, 15) is 40.5 Å². The van der Waals surface area contributed by atoms with Crippen LogP contribution in [-0.2, 0) is 19.0 Å². The second kappa shape index (κ2) is 12.1. The Morgan fingerprint density at radius 3 is 2.33 bits per heavy atom. The van der Waals surface area contributed by atoms with Crippen LogP contribution in [0.4, 0.5) is 0 Å².